The first-order valence-corrected chi connectivity index (χ1v) is 8.78. The Morgan fingerprint density at radius 2 is 1.85 bits per heavy atom. The molecule has 0 fully saturated rings. The molecule has 0 aliphatic rings. The fourth-order valence-electron chi connectivity index (χ4n) is 2.64. The van der Waals surface area contributed by atoms with E-state index in [4.69, 9.17) is 0 Å². The lowest BCUT2D eigenvalue weighted by Crippen LogP contribution is -2.26. The average molecular weight is 368 g/mol. The molecule has 1 aromatic carbocycles. The number of fused-ring (bicyclic) bond motifs is 1. The molecule has 6 nitrogen and oxygen atoms in total. The summed E-state index contributed by atoms with van der Waals surface area (Å²) in [7, 11) is 0. The lowest BCUT2D eigenvalue weighted by Gasteiger charge is -2.05. The van der Waals surface area contributed by atoms with Crippen molar-refractivity contribution in [3.8, 4) is 0 Å². The Morgan fingerprint density at radius 1 is 1.11 bits per heavy atom. The molecular formula is C20H21FN4O2. The third-order valence-electron chi connectivity index (χ3n) is 4.08. The van der Waals surface area contributed by atoms with Crippen molar-refractivity contribution in [2.24, 2.45) is 5.92 Å². The van der Waals surface area contributed by atoms with Gasteiger partial charge in [-0.2, -0.15) is 0 Å². The Hall–Kier alpha value is -3.22. The van der Waals surface area contributed by atoms with Crippen LogP contribution in [0.15, 0.2) is 48.7 Å². The number of aromatic nitrogens is 2. The molecule has 140 valence electrons. The van der Waals surface area contributed by atoms with Gasteiger partial charge in [-0.1, -0.05) is 19.9 Å². The second kappa shape index (κ2) is 7.99. The second-order valence-electron chi connectivity index (χ2n) is 6.64. The number of hydrogen-bond donors (Lipinski definition) is 2. The van der Waals surface area contributed by atoms with E-state index in [0.717, 1.165) is 6.42 Å². The van der Waals surface area contributed by atoms with Crippen LogP contribution in [0.4, 0.5) is 10.1 Å². The molecular weight excluding hydrogens is 347 g/mol. The van der Waals surface area contributed by atoms with Crippen molar-refractivity contribution in [2.45, 2.75) is 20.3 Å². The molecule has 0 saturated carbocycles. The standard InChI is InChI=1S/C20H21FN4O2/c1-13(2)10-11-22-19(26)17-16-5-3-4-12-25(16)18(24-17)20(27)23-15-8-6-14(21)7-9-15/h3-9,12-13H,10-11H2,1-2H3,(H,22,26)(H,23,27). The normalized spacial score (nSPS) is 11.0. The minimum atomic E-state index is -0.482. The van der Waals surface area contributed by atoms with Crippen molar-refractivity contribution < 1.29 is 14.0 Å². The molecule has 0 spiro atoms. The van der Waals surface area contributed by atoms with E-state index in [2.05, 4.69) is 29.5 Å². The smallest absolute Gasteiger partial charge is 0.292 e. The molecule has 0 aliphatic heterocycles. The van der Waals surface area contributed by atoms with Gasteiger partial charge in [-0.05, 0) is 48.7 Å². The van der Waals surface area contributed by atoms with Gasteiger partial charge in [-0.25, -0.2) is 9.37 Å². The van der Waals surface area contributed by atoms with E-state index in [-0.39, 0.29) is 23.2 Å². The zero-order chi connectivity index (χ0) is 19.4. The zero-order valence-corrected chi connectivity index (χ0v) is 15.2. The first-order valence-electron chi connectivity index (χ1n) is 8.78. The second-order valence-corrected chi connectivity index (χ2v) is 6.64. The van der Waals surface area contributed by atoms with Crippen molar-refractivity contribution in [1.82, 2.24) is 14.7 Å². The molecule has 2 amide bonds. The molecule has 0 saturated heterocycles. The van der Waals surface area contributed by atoms with Crippen molar-refractivity contribution in [2.75, 3.05) is 11.9 Å². The van der Waals surface area contributed by atoms with Crippen LogP contribution >= 0.6 is 0 Å². The number of rotatable bonds is 6. The fraction of sp³-hybridized carbons (Fsp3) is 0.250. The van der Waals surface area contributed by atoms with Crippen molar-refractivity contribution in [3.63, 3.8) is 0 Å². The number of halogens is 1. The number of carbonyl (C=O) groups excluding carboxylic acids is 2. The van der Waals surface area contributed by atoms with Crippen LogP contribution in [0.3, 0.4) is 0 Å². The number of imidazole rings is 1. The van der Waals surface area contributed by atoms with Crippen LogP contribution in [0.2, 0.25) is 0 Å². The molecule has 3 aromatic rings. The number of hydrogen-bond acceptors (Lipinski definition) is 3. The molecule has 3 rings (SSSR count). The number of nitrogens with zero attached hydrogens (tertiary/aromatic N) is 2. The highest BCUT2D eigenvalue weighted by atomic mass is 19.1. The SMILES string of the molecule is CC(C)CCNC(=O)c1nc(C(=O)Nc2ccc(F)cc2)n2ccccc12. The maximum Gasteiger partial charge on any atom is 0.292 e. The number of nitrogens with one attached hydrogen (secondary N) is 2. The van der Waals surface area contributed by atoms with E-state index in [1.807, 2.05) is 0 Å². The third kappa shape index (κ3) is 4.31. The Balaban J connectivity index is 1.86. The molecule has 0 aliphatic carbocycles. The summed E-state index contributed by atoms with van der Waals surface area (Å²) in [4.78, 5) is 29.4. The van der Waals surface area contributed by atoms with E-state index >= 15 is 0 Å². The quantitative estimate of drug-likeness (QED) is 0.699. The summed E-state index contributed by atoms with van der Waals surface area (Å²) in [6, 6.07) is 10.7. The maximum atomic E-state index is 13.0. The highest BCUT2D eigenvalue weighted by Gasteiger charge is 2.21. The van der Waals surface area contributed by atoms with Crippen LogP contribution in [0, 0.1) is 11.7 Å². The predicted octanol–water partition coefficient (Wildman–Crippen LogP) is 3.50. The molecule has 0 bridgehead atoms. The lowest BCUT2D eigenvalue weighted by atomic mass is 10.1. The van der Waals surface area contributed by atoms with Gasteiger partial charge in [0.15, 0.2) is 5.69 Å². The molecule has 2 heterocycles. The first-order chi connectivity index (χ1) is 13.0. The number of anilines is 1. The third-order valence-corrected chi connectivity index (χ3v) is 4.08. The van der Waals surface area contributed by atoms with Gasteiger partial charge in [0.05, 0.1) is 5.52 Å². The number of benzene rings is 1. The topological polar surface area (TPSA) is 75.5 Å². The van der Waals surface area contributed by atoms with E-state index in [1.54, 1.807) is 28.8 Å². The molecule has 7 heteroatoms. The van der Waals surface area contributed by atoms with Gasteiger partial charge in [0.25, 0.3) is 11.8 Å². The molecule has 27 heavy (non-hydrogen) atoms. The van der Waals surface area contributed by atoms with Crippen LogP contribution in [-0.2, 0) is 0 Å². The van der Waals surface area contributed by atoms with Gasteiger partial charge >= 0.3 is 0 Å². The van der Waals surface area contributed by atoms with Crippen molar-refractivity contribution in [3.05, 3.63) is 66.0 Å². The fourth-order valence-corrected chi connectivity index (χ4v) is 2.64. The van der Waals surface area contributed by atoms with Gasteiger partial charge in [0, 0.05) is 18.4 Å². The van der Waals surface area contributed by atoms with Gasteiger partial charge in [-0.3, -0.25) is 14.0 Å². The molecule has 0 atom stereocenters. The van der Waals surface area contributed by atoms with Crippen LogP contribution < -0.4 is 10.6 Å². The van der Waals surface area contributed by atoms with Gasteiger partial charge in [0.2, 0.25) is 5.82 Å². The monoisotopic (exact) mass is 368 g/mol. The van der Waals surface area contributed by atoms with Crippen LogP contribution in [-0.4, -0.2) is 27.7 Å². The van der Waals surface area contributed by atoms with Gasteiger partial charge < -0.3 is 10.6 Å². The minimum absolute atomic E-state index is 0.0870. The van der Waals surface area contributed by atoms with Crippen LogP contribution in [0.1, 0.15) is 41.4 Å². The van der Waals surface area contributed by atoms with Crippen molar-refractivity contribution >= 4 is 23.0 Å². The summed E-state index contributed by atoms with van der Waals surface area (Å²) < 4.78 is 14.6. The summed E-state index contributed by atoms with van der Waals surface area (Å²) in [5.74, 6) is -0.631. The maximum absolute atomic E-state index is 13.0. The van der Waals surface area contributed by atoms with Crippen molar-refractivity contribution in [1.29, 1.82) is 0 Å². The minimum Gasteiger partial charge on any atom is -0.351 e. The van der Waals surface area contributed by atoms with E-state index < -0.39 is 5.91 Å². The summed E-state index contributed by atoms with van der Waals surface area (Å²) in [5, 5.41) is 5.51. The highest BCUT2D eigenvalue weighted by Crippen LogP contribution is 2.16. The summed E-state index contributed by atoms with van der Waals surface area (Å²) >= 11 is 0. The number of amides is 2. The van der Waals surface area contributed by atoms with Gasteiger partial charge in [0.1, 0.15) is 5.82 Å². The lowest BCUT2D eigenvalue weighted by molar-refractivity contribution is 0.0949. The summed E-state index contributed by atoms with van der Waals surface area (Å²) in [6.45, 7) is 4.70. The zero-order valence-electron chi connectivity index (χ0n) is 15.2. The Kier molecular flexibility index (Phi) is 5.49. The molecule has 0 unspecified atom stereocenters. The predicted molar refractivity (Wildman–Crippen MR) is 101 cm³/mol. The van der Waals surface area contributed by atoms with Crippen LogP contribution in [0.25, 0.3) is 5.52 Å². The van der Waals surface area contributed by atoms with Crippen LogP contribution in [0.5, 0.6) is 0 Å². The molecule has 0 radical (unpaired) electrons. The van der Waals surface area contributed by atoms with E-state index in [0.29, 0.717) is 23.7 Å². The Labute approximate surface area is 156 Å². The first kappa shape index (κ1) is 18.6. The van der Waals surface area contributed by atoms with E-state index in [1.165, 1.54) is 24.3 Å². The Morgan fingerprint density at radius 3 is 2.56 bits per heavy atom. The number of pyridine rings is 1. The highest BCUT2D eigenvalue weighted by molar-refractivity contribution is 6.06. The number of carbonyl (C=O) groups is 2. The largest absolute Gasteiger partial charge is 0.351 e. The summed E-state index contributed by atoms with van der Waals surface area (Å²) in [5.41, 5.74) is 1.18. The average Bonchev–Trinajstić information content (AvgIpc) is 3.03. The van der Waals surface area contributed by atoms with E-state index in [9.17, 15) is 14.0 Å². The Bertz CT molecular complexity index is 964. The molecule has 2 N–H and O–H groups in total. The molecule has 2 aromatic heterocycles. The summed E-state index contributed by atoms with van der Waals surface area (Å²) in [6.07, 6.45) is 2.53. The van der Waals surface area contributed by atoms with Gasteiger partial charge in [-0.15, -0.1) is 0 Å².